The summed E-state index contributed by atoms with van der Waals surface area (Å²) in [7, 11) is -3.93. The van der Waals surface area contributed by atoms with E-state index in [4.69, 9.17) is 11.6 Å². The molecule has 0 bridgehead atoms. The van der Waals surface area contributed by atoms with Crippen molar-refractivity contribution in [2.75, 3.05) is 11.3 Å². The molecule has 1 amide bonds. The van der Waals surface area contributed by atoms with Gasteiger partial charge in [0.05, 0.1) is 5.02 Å². The van der Waals surface area contributed by atoms with Crippen molar-refractivity contribution >= 4 is 33.2 Å². The molecule has 0 aromatic heterocycles. The lowest BCUT2D eigenvalue weighted by molar-refractivity contribution is 0.0953. The summed E-state index contributed by atoms with van der Waals surface area (Å²) in [6, 6.07) is 21.0. The van der Waals surface area contributed by atoms with Crippen molar-refractivity contribution in [2.45, 2.75) is 24.7 Å². The van der Waals surface area contributed by atoms with Crippen LogP contribution in [-0.2, 0) is 16.4 Å². The average Bonchev–Trinajstić information content (AvgIpc) is 2.73. The standard InChI is InChI=1S/C23H23ClN2O3S/c1-17-9-11-18(12-10-17)6-5-15-25-23(27)19-13-14-21(24)22(16-19)30(28,29)26-20-7-3-2-4-8-20/h2-4,7-14,16,26H,5-6,15H2,1H3,(H,25,27). The topological polar surface area (TPSA) is 75.3 Å². The first-order valence-electron chi connectivity index (χ1n) is 9.56. The second kappa shape index (κ2) is 9.78. The second-order valence-electron chi connectivity index (χ2n) is 6.96. The maximum absolute atomic E-state index is 12.7. The first-order chi connectivity index (χ1) is 14.3. The molecule has 156 valence electrons. The minimum Gasteiger partial charge on any atom is -0.352 e. The number of amides is 1. The molecule has 30 heavy (non-hydrogen) atoms. The fraction of sp³-hybridized carbons (Fsp3) is 0.174. The molecule has 3 rings (SSSR count). The Morgan fingerprint density at radius 1 is 0.967 bits per heavy atom. The minimum atomic E-state index is -3.93. The highest BCUT2D eigenvalue weighted by Crippen LogP contribution is 2.25. The van der Waals surface area contributed by atoms with Crippen molar-refractivity contribution in [1.29, 1.82) is 0 Å². The lowest BCUT2D eigenvalue weighted by Gasteiger charge is -2.11. The number of hydrogen-bond acceptors (Lipinski definition) is 3. The number of hydrogen-bond donors (Lipinski definition) is 2. The van der Waals surface area contributed by atoms with Crippen molar-refractivity contribution in [3.8, 4) is 0 Å². The van der Waals surface area contributed by atoms with Crippen LogP contribution in [0.2, 0.25) is 5.02 Å². The number of sulfonamides is 1. The molecule has 7 heteroatoms. The van der Waals surface area contributed by atoms with Crippen molar-refractivity contribution < 1.29 is 13.2 Å². The van der Waals surface area contributed by atoms with Crippen LogP contribution in [0.1, 0.15) is 27.9 Å². The van der Waals surface area contributed by atoms with Gasteiger partial charge in [0.15, 0.2) is 0 Å². The fourth-order valence-electron chi connectivity index (χ4n) is 2.92. The lowest BCUT2D eigenvalue weighted by Crippen LogP contribution is -2.25. The molecule has 0 heterocycles. The van der Waals surface area contributed by atoms with Crippen LogP contribution in [-0.4, -0.2) is 20.9 Å². The zero-order valence-corrected chi connectivity index (χ0v) is 18.1. The largest absolute Gasteiger partial charge is 0.352 e. The first-order valence-corrected chi connectivity index (χ1v) is 11.4. The molecule has 0 aliphatic heterocycles. The van der Waals surface area contributed by atoms with Crippen LogP contribution in [0.25, 0.3) is 0 Å². The Kier molecular flexibility index (Phi) is 7.13. The predicted molar refractivity (Wildman–Crippen MR) is 121 cm³/mol. The Labute approximate surface area is 182 Å². The van der Waals surface area contributed by atoms with Gasteiger partial charge in [-0.25, -0.2) is 8.42 Å². The normalized spacial score (nSPS) is 11.1. The zero-order chi connectivity index (χ0) is 21.6. The van der Waals surface area contributed by atoms with E-state index >= 15 is 0 Å². The number of benzene rings is 3. The highest BCUT2D eigenvalue weighted by Gasteiger charge is 2.20. The van der Waals surface area contributed by atoms with Gasteiger partial charge in [-0.05, 0) is 55.7 Å². The van der Waals surface area contributed by atoms with E-state index in [0.29, 0.717) is 12.2 Å². The molecule has 0 radical (unpaired) electrons. The number of nitrogens with one attached hydrogen (secondary N) is 2. The van der Waals surface area contributed by atoms with Gasteiger partial charge in [0.2, 0.25) is 0 Å². The molecule has 3 aromatic carbocycles. The molecule has 0 aliphatic carbocycles. The molecular formula is C23H23ClN2O3S. The van der Waals surface area contributed by atoms with Crippen molar-refractivity contribution in [3.63, 3.8) is 0 Å². The van der Waals surface area contributed by atoms with Gasteiger partial charge in [-0.2, -0.15) is 0 Å². The molecule has 0 atom stereocenters. The summed E-state index contributed by atoms with van der Waals surface area (Å²) in [5.74, 6) is -0.341. The number of rotatable bonds is 8. The van der Waals surface area contributed by atoms with Gasteiger partial charge < -0.3 is 5.32 Å². The third-order valence-corrected chi connectivity index (χ3v) is 6.42. The maximum atomic E-state index is 12.7. The van der Waals surface area contributed by atoms with E-state index in [9.17, 15) is 13.2 Å². The summed E-state index contributed by atoms with van der Waals surface area (Å²) in [5.41, 5.74) is 3.08. The Balaban J connectivity index is 1.63. The summed E-state index contributed by atoms with van der Waals surface area (Å²) >= 11 is 6.11. The van der Waals surface area contributed by atoms with E-state index in [1.54, 1.807) is 30.3 Å². The van der Waals surface area contributed by atoms with Crippen molar-refractivity contribution in [3.05, 3.63) is 94.5 Å². The van der Waals surface area contributed by atoms with Gasteiger partial charge in [-0.3, -0.25) is 9.52 Å². The highest BCUT2D eigenvalue weighted by atomic mass is 35.5. The number of halogens is 1. The quantitative estimate of drug-likeness (QED) is 0.491. The van der Waals surface area contributed by atoms with E-state index < -0.39 is 10.0 Å². The molecule has 0 saturated heterocycles. The molecule has 0 spiro atoms. The van der Waals surface area contributed by atoms with Crippen LogP contribution >= 0.6 is 11.6 Å². The Bertz CT molecular complexity index is 1110. The molecule has 0 fully saturated rings. The highest BCUT2D eigenvalue weighted by molar-refractivity contribution is 7.92. The SMILES string of the molecule is Cc1ccc(CCCNC(=O)c2ccc(Cl)c(S(=O)(=O)Nc3ccccc3)c2)cc1. The maximum Gasteiger partial charge on any atom is 0.263 e. The van der Waals surface area contributed by atoms with Crippen LogP contribution in [0, 0.1) is 6.92 Å². The molecule has 0 aliphatic rings. The monoisotopic (exact) mass is 442 g/mol. The van der Waals surface area contributed by atoms with Crippen LogP contribution in [0.15, 0.2) is 77.7 Å². The zero-order valence-electron chi connectivity index (χ0n) is 16.6. The third-order valence-electron chi connectivity index (χ3n) is 4.56. The molecule has 0 unspecified atom stereocenters. The van der Waals surface area contributed by atoms with Gasteiger partial charge in [-0.1, -0.05) is 59.6 Å². The van der Waals surface area contributed by atoms with Gasteiger partial charge in [0.25, 0.3) is 15.9 Å². The fourth-order valence-corrected chi connectivity index (χ4v) is 4.50. The molecule has 2 N–H and O–H groups in total. The summed E-state index contributed by atoms with van der Waals surface area (Å²) in [4.78, 5) is 12.3. The Morgan fingerprint density at radius 3 is 2.37 bits per heavy atom. The molecular weight excluding hydrogens is 420 g/mol. The number of carbonyl (C=O) groups is 1. The summed E-state index contributed by atoms with van der Waals surface area (Å²) < 4.78 is 27.9. The predicted octanol–water partition coefficient (Wildman–Crippen LogP) is 4.81. The third kappa shape index (κ3) is 5.84. The van der Waals surface area contributed by atoms with Crippen LogP contribution in [0.5, 0.6) is 0 Å². The van der Waals surface area contributed by atoms with Crippen molar-refractivity contribution in [1.82, 2.24) is 5.32 Å². The Morgan fingerprint density at radius 2 is 1.67 bits per heavy atom. The van der Waals surface area contributed by atoms with Crippen LogP contribution in [0.3, 0.4) is 0 Å². The smallest absolute Gasteiger partial charge is 0.263 e. The van der Waals surface area contributed by atoms with Gasteiger partial charge in [0, 0.05) is 17.8 Å². The Hall–Kier alpha value is -2.83. The van der Waals surface area contributed by atoms with E-state index in [0.717, 1.165) is 12.8 Å². The molecule has 5 nitrogen and oxygen atoms in total. The first kappa shape index (κ1) is 21.9. The van der Waals surface area contributed by atoms with E-state index in [-0.39, 0.29) is 21.4 Å². The average molecular weight is 443 g/mol. The van der Waals surface area contributed by atoms with Crippen LogP contribution < -0.4 is 10.0 Å². The number of anilines is 1. The van der Waals surface area contributed by atoms with Gasteiger partial charge >= 0.3 is 0 Å². The van der Waals surface area contributed by atoms with E-state index in [1.165, 1.54) is 29.3 Å². The number of para-hydroxylation sites is 1. The van der Waals surface area contributed by atoms with E-state index in [1.807, 2.05) is 6.92 Å². The lowest BCUT2D eigenvalue weighted by atomic mass is 10.1. The summed E-state index contributed by atoms with van der Waals surface area (Å²) in [5, 5.41) is 2.88. The van der Waals surface area contributed by atoms with E-state index in [2.05, 4.69) is 34.3 Å². The van der Waals surface area contributed by atoms with Crippen molar-refractivity contribution in [2.24, 2.45) is 0 Å². The van der Waals surface area contributed by atoms with Gasteiger partial charge in [-0.15, -0.1) is 0 Å². The summed E-state index contributed by atoms with van der Waals surface area (Å²) in [6.07, 6.45) is 1.63. The van der Waals surface area contributed by atoms with Gasteiger partial charge in [0.1, 0.15) is 4.90 Å². The molecule has 3 aromatic rings. The number of aryl methyl sites for hydroxylation is 2. The minimum absolute atomic E-state index is 0.0503. The number of carbonyl (C=O) groups excluding carboxylic acids is 1. The summed E-state index contributed by atoms with van der Waals surface area (Å²) in [6.45, 7) is 2.53. The van der Waals surface area contributed by atoms with Crippen LogP contribution in [0.4, 0.5) is 5.69 Å². The molecule has 0 saturated carbocycles. The second-order valence-corrected chi connectivity index (χ2v) is 9.02.